The zero-order valence-electron chi connectivity index (χ0n) is 9.52. The van der Waals surface area contributed by atoms with Gasteiger partial charge in [0, 0.05) is 0 Å². The molecule has 0 saturated heterocycles. The Hall–Kier alpha value is 1.46. The molecular formula is C11H21IMgO. The number of halogens is 1. The second-order valence-corrected chi connectivity index (χ2v) is 4.70. The molecule has 0 aromatic rings. The van der Waals surface area contributed by atoms with E-state index in [4.69, 9.17) is 0 Å². The van der Waals surface area contributed by atoms with Crippen LogP contribution in [-0.2, 0) is 0 Å². The Kier molecular flexibility index (Phi) is 10.9. The summed E-state index contributed by atoms with van der Waals surface area (Å²) in [6.45, 7) is 4.31. The van der Waals surface area contributed by atoms with Crippen molar-refractivity contribution in [3.63, 3.8) is 0 Å². The Morgan fingerprint density at radius 2 is 1.50 bits per heavy atom. The van der Waals surface area contributed by atoms with Gasteiger partial charge in [0.25, 0.3) is 0 Å². The van der Waals surface area contributed by atoms with Crippen LogP contribution < -0.4 is 29.1 Å². The van der Waals surface area contributed by atoms with Crippen LogP contribution in [0.15, 0.2) is 0 Å². The summed E-state index contributed by atoms with van der Waals surface area (Å²) in [6, 6.07) is 0. The fourth-order valence-corrected chi connectivity index (χ4v) is 2.32. The van der Waals surface area contributed by atoms with Gasteiger partial charge in [-0.1, -0.05) is 58.8 Å². The molecule has 1 aliphatic rings. The van der Waals surface area contributed by atoms with Crippen LogP contribution in [0.1, 0.15) is 58.8 Å². The molecule has 0 atom stereocenters. The Morgan fingerprint density at radius 1 is 1.07 bits per heavy atom. The van der Waals surface area contributed by atoms with Crippen LogP contribution in [0.25, 0.3) is 0 Å². The maximum atomic E-state index is 12.2. The van der Waals surface area contributed by atoms with E-state index in [9.17, 15) is 5.11 Å². The van der Waals surface area contributed by atoms with E-state index in [1.807, 2.05) is 0 Å². The van der Waals surface area contributed by atoms with Crippen molar-refractivity contribution in [1.29, 1.82) is 0 Å². The van der Waals surface area contributed by atoms with Gasteiger partial charge in [-0.05, 0) is 5.92 Å². The van der Waals surface area contributed by atoms with Crippen LogP contribution >= 0.6 is 0 Å². The molecule has 14 heavy (non-hydrogen) atoms. The molecule has 0 bridgehead atoms. The second kappa shape index (κ2) is 8.59. The van der Waals surface area contributed by atoms with Crippen molar-refractivity contribution in [2.75, 3.05) is 0 Å². The first kappa shape index (κ1) is 17.8. The average molecular weight is 320 g/mol. The third-order valence-corrected chi connectivity index (χ3v) is 2.80. The van der Waals surface area contributed by atoms with Gasteiger partial charge in [0.2, 0.25) is 0 Å². The predicted molar refractivity (Wildman–Crippen MR) is 55.6 cm³/mol. The molecule has 1 saturated carbocycles. The van der Waals surface area contributed by atoms with Gasteiger partial charge >= 0.3 is 23.1 Å². The summed E-state index contributed by atoms with van der Waals surface area (Å²) in [5.41, 5.74) is -0.565. The summed E-state index contributed by atoms with van der Waals surface area (Å²) >= 11 is 0. The first-order valence-electron chi connectivity index (χ1n) is 5.33. The maximum absolute atomic E-state index is 12.2. The minimum atomic E-state index is -0.565. The Bertz CT molecular complexity index is 131. The molecule has 1 nitrogen and oxygen atoms in total. The van der Waals surface area contributed by atoms with Crippen LogP contribution in [0.3, 0.4) is 0 Å². The van der Waals surface area contributed by atoms with E-state index in [-0.39, 0.29) is 47.0 Å². The van der Waals surface area contributed by atoms with Gasteiger partial charge in [-0.25, -0.2) is 0 Å². The van der Waals surface area contributed by atoms with Crippen molar-refractivity contribution >= 4 is 23.1 Å². The normalized spacial score (nSPS) is 20.6. The van der Waals surface area contributed by atoms with Crippen LogP contribution in [-0.4, -0.2) is 28.7 Å². The summed E-state index contributed by atoms with van der Waals surface area (Å²) in [5, 5.41) is 12.2. The molecular weight excluding hydrogens is 299 g/mol. The van der Waals surface area contributed by atoms with Gasteiger partial charge in [0.05, 0.1) is 0 Å². The van der Waals surface area contributed by atoms with E-state index in [2.05, 4.69) is 13.8 Å². The molecule has 0 amide bonds. The second-order valence-electron chi connectivity index (χ2n) is 4.70. The largest absolute Gasteiger partial charge is 2.00 e. The van der Waals surface area contributed by atoms with Crippen LogP contribution in [0.4, 0.5) is 0 Å². The smallest absolute Gasteiger partial charge is 1.00 e. The summed E-state index contributed by atoms with van der Waals surface area (Å²) in [6.07, 6.45) is 7.61. The minimum Gasteiger partial charge on any atom is -1.00 e. The first-order valence-corrected chi connectivity index (χ1v) is 5.33. The molecule has 0 heterocycles. The molecule has 0 radical (unpaired) electrons. The summed E-state index contributed by atoms with van der Waals surface area (Å²) in [5.74, 6) is 0.570. The van der Waals surface area contributed by atoms with E-state index >= 15 is 0 Å². The molecule has 0 aromatic heterocycles. The van der Waals surface area contributed by atoms with Crippen LogP contribution in [0.5, 0.6) is 0 Å². The van der Waals surface area contributed by atoms with Gasteiger partial charge in [-0.15, -0.1) is 5.60 Å². The molecule has 0 aromatic carbocycles. The molecule has 80 valence electrons. The van der Waals surface area contributed by atoms with Crippen molar-refractivity contribution in [2.45, 2.75) is 64.4 Å². The van der Waals surface area contributed by atoms with Gasteiger partial charge in [-0.2, -0.15) is 0 Å². The van der Waals surface area contributed by atoms with Crippen molar-refractivity contribution < 1.29 is 29.1 Å². The summed E-state index contributed by atoms with van der Waals surface area (Å²) < 4.78 is 0. The van der Waals surface area contributed by atoms with Crippen LogP contribution in [0, 0.1) is 5.92 Å². The molecule has 1 rings (SSSR count). The minimum absolute atomic E-state index is 0. The molecule has 3 heteroatoms. The SMILES string of the molecule is CC(C)CC1([O-])CCCCCC1.[I-].[Mg+2]. The molecule has 0 N–H and O–H groups in total. The molecule has 1 fully saturated rings. The summed E-state index contributed by atoms with van der Waals surface area (Å²) in [7, 11) is 0. The molecule has 1 aliphatic carbocycles. The summed E-state index contributed by atoms with van der Waals surface area (Å²) in [4.78, 5) is 0. The maximum Gasteiger partial charge on any atom is 2.00 e. The number of hydrogen-bond donors (Lipinski definition) is 0. The van der Waals surface area contributed by atoms with Gasteiger partial charge < -0.3 is 29.1 Å². The Balaban J connectivity index is 0. The zero-order chi connectivity index (χ0) is 9.03. The molecule has 0 aliphatic heterocycles. The zero-order valence-corrected chi connectivity index (χ0v) is 13.1. The Labute approximate surface area is 122 Å². The average Bonchev–Trinajstić information content (AvgIpc) is 2.12. The van der Waals surface area contributed by atoms with Crippen LogP contribution in [0.2, 0.25) is 0 Å². The fourth-order valence-electron chi connectivity index (χ4n) is 2.32. The monoisotopic (exact) mass is 320 g/mol. The topological polar surface area (TPSA) is 23.1 Å². The van der Waals surface area contributed by atoms with Crippen molar-refractivity contribution in [2.24, 2.45) is 5.92 Å². The van der Waals surface area contributed by atoms with Gasteiger partial charge in [0.15, 0.2) is 0 Å². The fraction of sp³-hybridized carbons (Fsp3) is 1.00. The first-order chi connectivity index (χ1) is 5.62. The van der Waals surface area contributed by atoms with Gasteiger partial charge in [-0.3, -0.25) is 0 Å². The van der Waals surface area contributed by atoms with Crippen molar-refractivity contribution in [3.8, 4) is 0 Å². The third kappa shape index (κ3) is 6.85. The number of rotatable bonds is 2. The molecule has 0 unspecified atom stereocenters. The Morgan fingerprint density at radius 3 is 1.86 bits per heavy atom. The van der Waals surface area contributed by atoms with E-state index in [0.717, 1.165) is 32.1 Å². The van der Waals surface area contributed by atoms with E-state index < -0.39 is 5.60 Å². The van der Waals surface area contributed by atoms with Crippen molar-refractivity contribution in [3.05, 3.63) is 0 Å². The van der Waals surface area contributed by atoms with E-state index in [1.165, 1.54) is 12.8 Å². The van der Waals surface area contributed by atoms with Crippen molar-refractivity contribution in [1.82, 2.24) is 0 Å². The standard InChI is InChI=1S/C11H21O.HI.Mg/c1-10(2)9-11(12)7-5-3-4-6-8-11;;/h10H,3-9H2,1-2H3;1H;/q-1;;+2/p-1. The number of hydrogen-bond acceptors (Lipinski definition) is 1. The van der Waals surface area contributed by atoms with Gasteiger partial charge in [0.1, 0.15) is 0 Å². The molecule has 0 spiro atoms. The van der Waals surface area contributed by atoms with E-state index in [0.29, 0.717) is 5.92 Å². The van der Waals surface area contributed by atoms with E-state index in [1.54, 1.807) is 0 Å². The quantitative estimate of drug-likeness (QED) is 0.368. The predicted octanol–water partition coefficient (Wildman–Crippen LogP) is -0.891. The third-order valence-electron chi connectivity index (χ3n) is 2.80.